The summed E-state index contributed by atoms with van der Waals surface area (Å²) in [5, 5.41) is 0. The van der Waals surface area contributed by atoms with Crippen LogP contribution in [-0.2, 0) is 19.0 Å². The molecule has 0 saturated heterocycles. The predicted molar refractivity (Wildman–Crippen MR) is 43.7 cm³/mol. The molecular formula is C8H16O4. The monoisotopic (exact) mass is 176 g/mol. The van der Waals surface area contributed by atoms with Gasteiger partial charge in [0, 0.05) is 20.6 Å². The number of carbonyl (C=O) groups is 1. The van der Waals surface area contributed by atoms with E-state index in [1.807, 2.05) is 6.92 Å². The SMILES string of the molecule is CCCC(=O)OC(COC)OC. The third-order valence-electron chi connectivity index (χ3n) is 1.28. The molecule has 0 rings (SSSR count). The first-order valence-corrected chi connectivity index (χ1v) is 3.95. The summed E-state index contributed by atoms with van der Waals surface area (Å²) >= 11 is 0. The zero-order chi connectivity index (χ0) is 9.40. The van der Waals surface area contributed by atoms with Crippen molar-refractivity contribution in [3.05, 3.63) is 0 Å². The maximum absolute atomic E-state index is 10.9. The second-order valence-electron chi connectivity index (χ2n) is 2.36. The molecule has 1 atom stereocenters. The molecule has 0 heterocycles. The lowest BCUT2D eigenvalue weighted by Crippen LogP contribution is -2.24. The van der Waals surface area contributed by atoms with Gasteiger partial charge in [0.05, 0.1) is 0 Å². The van der Waals surface area contributed by atoms with Crippen molar-refractivity contribution in [2.45, 2.75) is 26.1 Å². The van der Waals surface area contributed by atoms with Crippen LogP contribution >= 0.6 is 0 Å². The fourth-order valence-electron chi connectivity index (χ4n) is 0.696. The maximum atomic E-state index is 10.9. The first-order chi connectivity index (χ1) is 5.74. The second kappa shape index (κ2) is 7.06. The van der Waals surface area contributed by atoms with Crippen molar-refractivity contribution in [1.82, 2.24) is 0 Å². The molecule has 1 unspecified atom stereocenters. The van der Waals surface area contributed by atoms with Gasteiger partial charge < -0.3 is 14.2 Å². The van der Waals surface area contributed by atoms with Crippen molar-refractivity contribution in [2.75, 3.05) is 20.8 Å². The van der Waals surface area contributed by atoms with E-state index in [1.54, 1.807) is 0 Å². The number of methoxy groups -OCH3 is 2. The summed E-state index contributed by atoms with van der Waals surface area (Å²) in [4.78, 5) is 10.9. The Balaban J connectivity index is 3.61. The Morgan fingerprint density at radius 2 is 2.08 bits per heavy atom. The molecule has 0 aliphatic carbocycles. The highest BCUT2D eigenvalue weighted by molar-refractivity contribution is 5.69. The molecule has 0 aromatic carbocycles. The fourth-order valence-corrected chi connectivity index (χ4v) is 0.696. The summed E-state index contributed by atoms with van der Waals surface area (Å²) in [5.41, 5.74) is 0. The van der Waals surface area contributed by atoms with E-state index in [9.17, 15) is 4.79 Å². The molecule has 0 fully saturated rings. The van der Waals surface area contributed by atoms with Gasteiger partial charge >= 0.3 is 5.97 Å². The van der Waals surface area contributed by atoms with Crippen LogP contribution in [0.25, 0.3) is 0 Å². The first kappa shape index (κ1) is 11.4. The van der Waals surface area contributed by atoms with Gasteiger partial charge in [-0.25, -0.2) is 0 Å². The number of carbonyl (C=O) groups excluding carboxylic acids is 1. The minimum atomic E-state index is -0.575. The van der Waals surface area contributed by atoms with E-state index < -0.39 is 6.29 Å². The molecule has 0 N–H and O–H groups in total. The Hall–Kier alpha value is -0.610. The standard InChI is InChI=1S/C8H16O4/c1-4-5-7(9)12-8(11-3)6-10-2/h8H,4-6H2,1-3H3. The van der Waals surface area contributed by atoms with Gasteiger partial charge in [0.2, 0.25) is 6.29 Å². The van der Waals surface area contributed by atoms with Gasteiger partial charge in [0.1, 0.15) is 6.61 Å². The Bertz CT molecular complexity index is 124. The molecule has 0 amide bonds. The minimum Gasteiger partial charge on any atom is -0.433 e. The van der Waals surface area contributed by atoms with Crippen LogP contribution in [0, 0.1) is 0 Å². The second-order valence-corrected chi connectivity index (χ2v) is 2.36. The van der Waals surface area contributed by atoms with Crippen LogP contribution in [0.5, 0.6) is 0 Å². The van der Waals surface area contributed by atoms with Crippen LogP contribution in [0.3, 0.4) is 0 Å². The summed E-state index contributed by atoms with van der Waals surface area (Å²) < 4.78 is 14.5. The number of ether oxygens (including phenoxy) is 3. The van der Waals surface area contributed by atoms with E-state index in [1.165, 1.54) is 14.2 Å². The summed E-state index contributed by atoms with van der Waals surface area (Å²) in [6.45, 7) is 2.19. The van der Waals surface area contributed by atoms with Gasteiger partial charge in [0.15, 0.2) is 0 Å². The van der Waals surface area contributed by atoms with E-state index >= 15 is 0 Å². The van der Waals surface area contributed by atoms with Crippen molar-refractivity contribution in [1.29, 1.82) is 0 Å². The molecule has 4 heteroatoms. The number of hydrogen-bond donors (Lipinski definition) is 0. The average molecular weight is 176 g/mol. The highest BCUT2D eigenvalue weighted by atomic mass is 16.7. The topological polar surface area (TPSA) is 44.8 Å². The van der Waals surface area contributed by atoms with Crippen molar-refractivity contribution < 1.29 is 19.0 Å². The Morgan fingerprint density at radius 3 is 2.50 bits per heavy atom. The van der Waals surface area contributed by atoms with Crippen molar-refractivity contribution in [3.63, 3.8) is 0 Å². The van der Waals surface area contributed by atoms with Gasteiger partial charge in [-0.15, -0.1) is 0 Å². The highest BCUT2D eigenvalue weighted by Crippen LogP contribution is 1.98. The fraction of sp³-hybridized carbons (Fsp3) is 0.875. The molecule has 0 aromatic heterocycles. The Kier molecular flexibility index (Phi) is 6.70. The van der Waals surface area contributed by atoms with E-state index in [4.69, 9.17) is 14.2 Å². The molecule has 0 aliphatic heterocycles. The van der Waals surface area contributed by atoms with Crippen molar-refractivity contribution >= 4 is 5.97 Å². The third-order valence-corrected chi connectivity index (χ3v) is 1.28. The summed E-state index contributed by atoms with van der Waals surface area (Å²) in [7, 11) is 3.00. The molecule has 72 valence electrons. The van der Waals surface area contributed by atoms with Crippen LogP contribution in [-0.4, -0.2) is 33.1 Å². The number of hydrogen-bond acceptors (Lipinski definition) is 4. The van der Waals surface area contributed by atoms with Crippen LogP contribution in [0.2, 0.25) is 0 Å². The maximum Gasteiger partial charge on any atom is 0.308 e. The summed E-state index contributed by atoms with van der Waals surface area (Å²) in [6, 6.07) is 0. The van der Waals surface area contributed by atoms with Gasteiger partial charge in [-0.3, -0.25) is 4.79 Å². The molecule has 0 aromatic rings. The number of rotatable bonds is 6. The van der Waals surface area contributed by atoms with Gasteiger partial charge in [-0.1, -0.05) is 6.92 Å². The zero-order valence-electron chi connectivity index (χ0n) is 7.83. The molecular weight excluding hydrogens is 160 g/mol. The van der Waals surface area contributed by atoms with Gasteiger partial charge in [0.25, 0.3) is 0 Å². The van der Waals surface area contributed by atoms with Gasteiger partial charge in [-0.05, 0) is 6.42 Å². The lowest BCUT2D eigenvalue weighted by atomic mass is 10.3. The van der Waals surface area contributed by atoms with E-state index in [0.29, 0.717) is 6.42 Å². The normalized spacial score (nSPS) is 12.6. The lowest BCUT2D eigenvalue weighted by molar-refractivity contribution is -0.182. The van der Waals surface area contributed by atoms with Crippen LogP contribution in [0.15, 0.2) is 0 Å². The molecule has 0 spiro atoms. The molecule has 12 heavy (non-hydrogen) atoms. The molecule has 0 bridgehead atoms. The lowest BCUT2D eigenvalue weighted by Gasteiger charge is -2.14. The molecule has 4 nitrogen and oxygen atoms in total. The predicted octanol–water partition coefficient (Wildman–Crippen LogP) is 0.949. The van der Waals surface area contributed by atoms with E-state index in [2.05, 4.69) is 0 Å². The average Bonchev–Trinajstić information content (AvgIpc) is 2.04. The third kappa shape index (κ3) is 5.09. The van der Waals surface area contributed by atoms with Gasteiger partial charge in [-0.2, -0.15) is 0 Å². The largest absolute Gasteiger partial charge is 0.433 e. The quantitative estimate of drug-likeness (QED) is 0.446. The first-order valence-electron chi connectivity index (χ1n) is 3.95. The van der Waals surface area contributed by atoms with Crippen molar-refractivity contribution in [3.8, 4) is 0 Å². The molecule has 0 radical (unpaired) electrons. The van der Waals surface area contributed by atoms with E-state index in [-0.39, 0.29) is 12.6 Å². The number of esters is 1. The van der Waals surface area contributed by atoms with Crippen LogP contribution < -0.4 is 0 Å². The van der Waals surface area contributed by atoms with Crippen molar-refractivity contribution in [2.24, 2.45) is 0 Å². The van der Waals surface area contributed by atoms with Crippen LogP contribution in [0.4, 0.5) is 0 Å². The molecule has 0 saturated carbocycles. The highest BCUT2D eigenvalue weighted by Gasteiger charge is 2.11. The summed E-state index contributed by atoms with van der Waals surface area (Å²) in [5.74, 6) is -0.249. The minimum absolute atomic E-state index is 0.249. The zero-order valence-corrected chi connectivity index (χ0v) is 7.83. The summed E-state index contributed by atoms with van der Waals surface area (Å²) in [6.07, 6.45) is 0.625. The van der Waals surface area contributed by atoms with E-state index in [0.717, 1.165) is 6.42 Å². The smallest absolute Gasteiger partial charge is 0.308 e. The molecule has 0 aliphatic rings. The Morgan fingerprint density at radius 1 is 1.42 bits per heavy atom. The van der Waals surface area contributed by atoms with Crippen LogP contribution in [0.1, 0.15) is 19.8 Å². The Labute approximate surface area is 72.8 Å².